The Balaban J connectivity index is 1.45. The van der Waals surface area contributed by atoms with Crippen LogP contribution in [0.5, 0.6) is 0 Å². The van der Waals surface area contributed by atoms with Gasteiger partial charge in [-0.3, -0.25) is 0 Å². The van der Waals surface area contributed by atoms with Gasteiger partial charge >= 0.3 is 0 Å². The lowest BCUT2D eigenvalue weighted by molar-refractivity contribution is 0.989. The molecule has 1 aliphatic rings. The third-order valence-electron chi connectivity index (χ3n) is 8.99. The number of allylic oxidation sites excluding steroid dienone is 4. The van der Waals surface area contributed by atoms with E-state index in [9.17, 15) is 0 Å². The fourth-order valence-corrected chi connectivity index (χ4v) is 12.0. The van der Waals surface area contributed by atoms with E-state index in [2.05, 4.69) is 162 Å². The number of rotatable bonds is 6. The lowest BCUT2D eigenvalue weighted by atomic mass is 10.1. The van der Waals surface area contributed by atoms with Crippen molar-refractivity contribution in [1.82, 2.24) is 14.5 Å². The van der Waals surface area contributed by atoms with Crippen molar-refractivity contribution in [1.29, 1.82) is 0 Å². The number of benzene rings is 5. The quantitative estimate of drug-likeness (QED) is 0.189. The van der Waals surface area contributed by atoms with E-state index in [0.29, 0.717) is 0 Å². The predicted molar refractivity (Wildman–Crippen MR) is 186 cm³/mol. The van der Waals surface area contributed by atoms with E-state index >= 15 is 0 Å². The number of hydrogen-bond acceptors (Lipinski definition) is 2. The Kier molecular flexibility index (Phi) is 6.62. The van der Waals surface area contributed by atoms with Crippen LogP contribution in [0.3, 0.4) is 0 Å². The molecule has 1 aliphatic carbocycles. The number of hydrogen-bond donors (Lipinski definition) is 0. The monoisotopic (exact) mass is 581 g/mol. The highest BCUT2D eigenvalue weighted by Gasteiger charge is 2.48. The van der Waals surface area contributed by atoms with Crippen LogP contribution in [0, 0.1) is 0 Å². The number of aromatic nitrogens is 3. The van der Waals surface area contributed by atoms with Gasteiger partial charge in [0.2, 0.25) is 8.07 Å². The molecule has 0 saturated carbocycles. The molecule has 0 bridgehead atoms. The van der Waals surface area contributed by atoms with Crippen LogP contribution in [0.15, 0.2) is 170 Å². The summed E-state index contributed by atoms with van der Waals surface area (Å²) in [5, 5.41) is 5.15. The zero-order valence-corrected chi connectivity index (χ0v) is 25.3. The summed E-state index contributed by atoms with van der Waals surface area (Å²) in [7, 11) is -2.83. The van der Waals surface area contributed by atoms with Gasteiger partial charge in [-0.15, -0.1) is 0 Å². The fourth-order valence-electron chi connectivity index (χ4n) is 7.01. The summed E-state index contributed by atoms with van der Waals surface area (Å²) in [6.45, 7) is 0. The van der Waals surface area contributed by atoms with Crippen LogP contribution in [0.2, 0.25) is 5.54 Å². The second kappa shape index (κ2) is 11.1. The van der Waals surface area contributed by atoms with Crippen molar-refractivity contribution in [3.8, 4) is 16.9 Å². The predicted octanol–water partition coefficient (Wildman–Crippen LogP) is 7.60. The minimum atomic E-state index is -2.83. The fraction of sp³-hybridized carbons (Fsp3) is 0.0500. The summed E-state index contributed by atoms with van der Waals surface area (Å²) >= 11 is 0. The maximum atomic E-state index is 5.43. The van der Waals surface area contributed by atoms with Gasteiger partial charge in [-0.2, -0.15) is 0 Å². The maximum absolute atomic E-state index is 5.43. The Bertz CT molecular complexity index is 2150. The molecule has 4 heteroatoms. The van der Waals surface area contributed by atoms with E-state index in [1.807, 2.05) is 12.3 Å². The Morgan fingerprint density at radius 3 is 2.09 bits per heavy atom. The summed E-state index contributed by atoms with van der Waals surface area (Å²) < 4.78 is 2.38. The first-order valence-electron chi connectivity index (χ1n) is 15.2. The van der Waals surface area contributed by atoms with Crippen molar-refractivity contribution in [3.63, 3.8) is 0 Å². The first-order chi connectivity index (χ1) is 21.8. The molecule has 0 spiro atoms. The van der Waals surface area contributed by atoms with Crippen LogP contribution >= 0.6 is 0 Å². The van der Waals surface area contributed by atoms with Crippen molar-refractivity contribution in [2.24, 2.45) is 0 Å². The number of nitrogens with zero attached hydrogens (tertiary/aromatic N) is 3. The van der Waals surface area contributed by atoms with Gasteiger partial charge in [-0.1, -0.05) is 133 Å². The van der Waals surface area contributed by atoms with E-state index in [1.54, 1.807) is 0 Å². The molecule has 0 aliphatic heterocycles. The second-order valence-corrected chi connectivity index (χ2v) is 15.3. The molecule has 8 rings (SSSR count). The van der Waals surface area contributed by atoms with Crippen molar-refractivity contribution in [2.75, 3.05) is 0 Å². The van der Waals surface area contributed by atoms with E-state index in [4.69, 9.17) is 9.97 Å². The zero-order valence-electron chi connectivity index (χ0n) is 24.3. The van der Waals surface area contributed by atoms with Gasteiger partial charge < -0.3 is 4.57 Å². The van der Waals surface area contributed by atoms with Crippen LogP contribution in [0.4, 0.5) is 0 Å². The minimum Gasteiger partial charge on any atom is -0.309 e. The first-order valence-corrected chi connectivity index (χ1v) is 17.3. The highest BCUT2D eigenvalue weighted by Crippen LogP contribution is 2.35. The molecule has 0 saturated heterocycles. The lowest BCUT2D eigenvalue weighted by Gasteiger charge is -2.38. The average molecular weight is 582 g/mol. The van der Waals surface area contributed by atoms with Gasteiger partial charge in [0.1, 0.15) is 5.45 Å². The van der Waals surface area contributed by atoms with Gasteiger partial charge in [-0.25, -0.2) is 9.97 Å². The Hall–Kier alpha value is -5.32. The lowest BCUT2D eigenvalue weighted by Crippen LogP contribution is -2.71. The molecule has 0 N–H and O–H groups in total. The molecule has 2 heterocycles. The number of para-hydroxylation sites is 2. The molecular formula is C40H31N3Si. The third-order valence-corrected chi connectivity index (χ3v) is 13.9. The molecule has 5 aromatic carbocycles. The maximum Gasteiger partial charge on any atom is 0.202 e. The molecule has 2 aromatic heterocycles. The normalized spacial score (nSPS) is 15.9. The molecule has 210 valence electrons. The highest BCUT2D eigenvalue weighted by atomic mass is 28.3. The van der Waals surface area contributed by atoms with Gasteiger partial charge in [0.25, 0.3) is 0 Å². The molecule has 0 radical (unpaired) electrons. The summed E-state index contributed by atoms with van der Waals surface area (Å²) in [6, 6.07) is 50.1. The molecular weight excluding hydrogens is 551 g/mol. The van der Waals surface area contributed by atoms with Crippen LogP contribution < -0.4 is 15.8 Å². The van der Waals surface area contributed by atoms with E-state index in [1.165, 1.54) is 32.2 Å². The Labute approximate surface area is 258 Å². The molecule has 0 fully saturated rings. The SMILES string of the molecule is C1=CCC([Si](c2ccccc2)(c2ccc3c(c2)c2ccccc2n3-c2ccccc2)c2nccc(-c3ccccc3)n2)C=C1. The van der Waals surface area contributed by atoms with Crippen molar-refractivity contribution in [2.45, 2.75) is 12.0 Å². The summed E-state index contributed by atoms with van der Waals surface area (Å²) in [6.07, 6.45) is 12.0. The first kappa shape index (κ1) is 26.3. The van der Waals surface area contributed by atoms with Crippen LogP contribution in [0.25, 0.3) is 38.8 Å². The van der Waals surface area contributed by atoms with Gasteiger partial charge in [0.15, 0.2) is 0 Å². The van der Waals surface area contributed by atoms with E-state index in [-0.39, 0.29) is 5.54 Å². The zero-order chi connectivity index (χ0) is 29.3. The van der Waals surface area contributed by atoms with Gasteiger partial charge in [0.05, 0.1) is 16.7 Å². The van der Waals surface area contributed by atoms with Crippen molar-refractivity contribution >= 4 is 45.7 Å². The third kappa shape index (κ3) is 4.26. The van der Waals surface area contributed by atoms with Crippen molar-refractivity contribution in [3.05, 3.63) is 170 Å². The second-order valence-electron chi connectivity index (χ2n) is 11.4. The van der Waals surface area contributed by atoms with Gasteiger partial charge in [0, 0.05) is 28.2 Å². The summed E-state index contributed by atoms with van der Waals surface area (Å²) in [4.78, 5) is 10.6. The summed E-state index contributed by atoms with van der Waals surface area (Å²) in [5.41, 5.74) is 6.84. The van der Waals surface area contributed by atoms with Crippen molar-refractivity contribution < 1.29 is 0 Å². The molecule has 2 atom stereocenters. The van der Waals surface area contributed by atoms with E-state index in [0.717, 1.165) is 28.8 Å². The Morgan fingerprint density at radius 2 is 1.32 bits per heavy atom. The molecule has 3 nitrogen and oxygen atoms in total. The number of fused-ring (bicyclic) bond motifs is 3. The molecule has 7 aromatic rings. The summed E-state index contributed by atoms with van der Waals surface area (Å²) in [5.74, 6) is 0. The van der Waals surface area contributed by atoms with Gasteiger partial charge in [-0.05, 0) is 52.7 Å². The molecule has 0 amide bonds. The smallest absolute Gasteiger partial charge is 0.202 e. The highest BCUT2D eigenvalue weighted by molar-refractivity contribution is 7.12. The van der Waals surface area contributed by atoms with Crippen LogP contribution in [-0.2, 0) is 0 Å². The molecule has 2 unspecified atom stereocenters. The van der Waals surface area contributed by atoms with Crippen LogP contribution in [0.1, 0.15) is 6.42 Å². The van der Waals surface area contributed by atoms with Crippen LogP contribution in [-0.4, -0.2) is 22.6 Å². The average Bonchev–Trinajstić information content (AvgIpc) is 3.44. The van der Waals surface area contributed by atoms with E-state index < -0.39 is 8.07 Å². The largest absolute Gasteiger partial charge is 0.309 e. The Morgan fingerprint density at radius 1 is 0.614 bits per heavy atom. The standard InChI is InChI=1S/C40H31N3Si/c1-5-15-30(16-6-1)37-27-28-41-40(42-37)44(32-19-9-3-10-20-32,33-21-11-4-12-22-33)34-25-26-39-36(29-34)35-23-13-14-24-38(35)43(39)31-17-7-2-8-18-31/h1-21,23-29,33H,22H2. The topological polar surface area (TPSA) is 30.7 Å². The minimum absolute atomic E-state index is 0.251. The molecule has 44 heavy (non-hydrogen) atoms.